The molecule has 0 saturated carbocycles. The zero-order chi connectivity index (χ0) is 20.7. The first-order chi connectivity index (χ1) is 12.5. The third kappa shape index (κ3) is 7.53. The van der Waals surface area contributed by atoms with Crippen LogP contribution in [0.2, 0.25) is 0 Å². The number of hydrogen-bond acceptors (Lipinski definition) is 10. The van der Waals surface area contributed by atoms with Crippen molar-refractivity contribution in [2.45, 2.75) is 57.1 Å². The van der Waals surface area contributed by atoms with Crippen molar-refractivity contribution in [2.75, 3.05) is 6.61 Å². The minimum absolute atomic E-state index is 0.205. The number of carbonyl (C=O) groups excluding carboxylic acids is 4. The van der Waals surface area contributed by atoms with Gasteiger partial charge < -0.3 is 0 Å². The van der Waals surface area contributed by atoms with Crippen LogP contribution in [0.25, 0.3) is 0 Å². The van der Waals surface area contributed by atoms with Gasteiger partial charge in [-0.3, -0.25) is 0 Å². The maximum atomic E-state index is 11.6. The summed E-state index contributed by atoms with van der Waals surface area (Å²) in [4.78, 5) is 45.8. The quantitative estimate of drug-likeness (QED) is 0.155. The number of amidine groups is 1. The third-order valence-corrected chi connectivity index (χ3v) is 5.01. The molecule has 1 rings (SSSR count). The maximum absolute atomic E-state index is 11.6. The summed E-state index contributed by atoms with van der Waals surface area (Å²) in [5.41, 5.74) is 5.46. The molecule has 152 valence electrons. The fourth-order valence-corrected chi connectivity index (χ4v) is 4.07. The van der Waals surface area contributed by atoms with E-state index in [0.29, 0.717) is 0 Å². The predicted molar refractivity (Wildman–Crippen MR) is 89.6 cm³/mol. The summed E-state index contributed by atoms with van der Waals surface area (Å²) in [5, 5.41) is 6.60. The number of rotatable bonds is 7. The Hall–Kier alpha value is -2.17. The molecule has 1 aliphatic heterocycles. The molecule has 27 heavy (non-hydrogen) atoms. The molecule has 0 unspecified atom stereocenters. The van der Waals surface area contributed by atoms with E-state index in [0.717, 1.165) is 20.8 Å². The second-order valence-electron chi connectivity index (χ2n) is 5.55. The summed E-state index contributed by atoms with van der Waals surface area (Å²) < 4.78 is 26.2. The molecule has 0 aromatic rings. The van der Waals surface area contributed by atoms with Crippen LogP contribution < -0.4 is 5.73 Å². The molecule has 1 fully saturated rings. The first kappa shape index (κ1) is 22.9. The van der Waals surface area contributed by atoms with Crippen molar-refractivity contribution in [3.05, 3.63) is 0 Å². The minimum atomic E-state index is -1.23. The predicted octanol–water partition coefficient (Wildman–Crippen LogP) is -1.33. The Morgan fingerprint density at radius 1 is 0.889 bits per heavy atom. The Morgan fingerprint density at radius 3 is 1.81 bits per heavy atom. The van der Waals surface area contributed by atoms with Crippen molar-refractivity contribution >= 4 is 43.6 Å². The summed E-state index contributed by atoms with van der Waals surface area (Å²) in [6.45, 7) is 4.31. The molecule has 0 aliphatic carbocycles. The monoisotopic (exact) mass is 454 g/mol. The second kappa shape index (κ2) is 10.2. The van der Waals surface area contributed by atoms with Gasteiger partial charge in [0.05, 0.1) is 0 Å². The van der Waals surface area contributed by atoms with Crippen molar-refractivity contribution in [1.29, 1.82) is 5.41 Å². The van der Waals surface area contributed by atoms with E-state index in [9.17, 15) is 19.2 Å². The van der Waals surface area contributed by atoms with E-state index in [4.69, 9.17) is 34.8 Å². The van der Waals surface area contributed by atoms with Gasteiger partial charge in [0.15, 0.2) is 0 Å². The SMILES string of the molecule is CC(=O)OC[C@H]1O[C@@H]([Se]C(=N)N)[C@H](OC(C)=O)[C@@H](OC(C)=O)[C@@H]1OC(C)=O. The first-order valence-electron chi connectivity index (χ1n) is 7.82. The molecule has 3 N–H and O–H groups in total. The molecule has 0 aromatic carbocycles. The fraction of sp³-hybridized carbons (Fsp3) is 0.667. The van der Waals surface area contributed by atoms with Gasteiger partial charge in [-0.25, -0.2) is 0 Å². The van der Waals surface area contributed by atoms with Gasteiger partial charge in [0, 0.05) is 0 Å². The van der Waals surface area contributed by atoms with Crippen molar-refractivity contribution in [3.8, 4) is 0 Å². The molecule has 0 radical (unpaired) electrons. The van der Waals surface area contributed by atoms with Gasteiger partial charge in [0.25, 0.3) is 0 Å². The van der Waals surface area contributed by atoms with Crippen molar-refractivity contribution < 1.29 is 42.9 Å². The van der Waals surface area contributed by atoms with Crippen LogP contribution in [0.3, 0.4) is 0 Å². The molecule has 11 nitrogen and oxygen atoms in total. The molecule has 12 heteroatoms. The fourth-order valence-electron chi connectivity index (χ4n) is 2.41. The number of nitrogens with one attached hydrogen (secondary N) is 1. The topological polar surface area (TPSA) is 164 Å². The van der Waals surface area contributed by atoms with Gasteiger partial charge in [-0.05, 0) is 0 Å². The summed E-state index contributed by atoms with van der Waals surface area (Å²) in [7, 11) is 0. The Balaban J connectivity index is 3.29. The van der Waals surface area contributed by atoms with E-state index in [1.54, 1.807) is 0 Å². The van der Waals surface area contributed by atoms with Crippen LogP contribution in [0.4, 0.5) is 0 Å². The summed E-state index contributed by atoms with van der Waals surface area (Å²) in [6.07, 6.45) is -4.60. The van der Waals surface area contributed by atoms with Crippen LogP contribution in [0.15, 0.2) is 0 Å². The average Bonchev–Trinajstić information content (AvgIpc) is 2.49. The Labute approximate surface area is 161 Å². The molecule has 1 aliphatic rings. The molecule has 1 saturated heterocycles. The molecule has 0 spiro atoms. The molecule has 5 atom stereocenters. The Kier molecular flexibility index (Phi) is 8.67. The number of nitrogens with two attached hydrogens (primary N) is 1. The number of hydrogen-bond donors (Lipinski definition) is 2. The first-order valence-corrected chi connectivity index (χ1v) is 9.67. The van der Waals surface area contributed by atoms with Crippen LogP contribution in [-0.2, 0) is 42.9 Å². The van der Waals surface area contributed by atoms with Gasteiger partial charge in [-0.1, -0.05) is 0 Å². The summed E-state index contributed by atoms with van der Waals surface area (Å²) in [6, 6.07) is 0. The zero-order valence-electron chi connectivity index (χ0n) is 15.3. The summed E-state index contributed by atoms with van der Waals surface area (Å²) >= 11 is -0.797. The number of esters is 4. The standard InChI is InChI=1S/C15H22N2O9Se/c1-6(18)22-5-10-11(23-7(2)19)12(24-8(3)20)13(25-9(4)21)14(26-10)27-15(16)17/h10-14H,5H2,1-4H3,(H3,16,17)/t10-,11-,12+,13-,14+/m1/s1. The van der Waals surface area contributed by atoms with Crippen LogP contribution in [0.1, 0.15) is 27.7 Å². The van der Waals surface area contributed by atoms with Gasteiger partial charge in [0.2, 0.25) is 0 Å². The van der Waals surface area contributed by atoms with Crippen LogP contribution >= 0.6 is 0 Å². The Bertz CT molecular complexity index is 612. The Morgan fingerprint density at radius 2 is 1.37 bits per heavy atom. The van der Waals surface area contributed by atoms with E-state index in [1.807, 2.05) is 0 Å². The molecular weight excluding hydrogens is 431 g/mol. The van der Waals surface area contributed by atoms with Crippen molar-refractivity contribution in [2.24, 2.45) is 5.73 Å². The van der Waals surface area contributed by atoms with Crippen LogP contribution in [-0.4, -0.2) is 79.6 Å². The van der Waals surface area contributed by atoms with E-state index in [2.05, 4.69) is 0 Å². The van der Waals surface area contributed by atoms with E-state index >= 15 is 0 Å². The van der Waals surface area contributed by atoms with E-state index < -0.39 is 68.3 Å². The molecule has 0 bridgehead atoms. The van der Waals surface area contributed by atoms with Gasteiger partial charge in [0.1, 0.15) is 0 Å². The average molecular weight is 453 g/mol. The van der Waals surface area contributed by atoms with Gasteiger partial charge in [-0.2, -0.15) is 0 Å². The van der Waals surface area contributed by atoms with Gasteiger partial charge in [-0.15, -0.1) is 0 Å². The number of ether oxygens (including phenoxy) is 5. The molecule has 1 heterocycles. The molecule has 0 amide bonds. The second-order valence-corrected chi connectivity index (χ2v) is 7.94. The van der Waals surface area contributed by atoms with E-state index in [1.165, 1.54) is 6.92 Å². The number of carbonyl (C=O) groups is 4. The zero-order valence-corrected chi connectivity index (χ0v) is 17.0. The molecule has 0 aromatic heterocycles. The van der Waals surface area contributed by atoms with Crippen LogP contribution in [0.5, 0.6) is 0 Å². The van der Waals surface area contributed by atoms with Crippen LogP contribution in [0, 0.1) is 5.41 Å². The molecular formula is C15H22N2O9Se. The van der Waals surface area contributed by atoms with E-state index in [-0.39, 0.29) is 11.3 Å². The van der Waals surface area contributed by atoms with Crippen molar-refractivity contribution in [1.82, 2.24) is 0 Å². The van der Waals surface area contributed by atoms with Crippen molar-refractivity contribution in [3.63, 3.8) is 0 Å². The summed E-state index contributed by atoms with van der Waals surface area (Å²) in [5.74, 6) is -2.70. The normalized spacial score (nSPS) is 27.2. The van der Waals surface area contributed by atoms with Gasteiger partial charge >= 0.3 is 161 Å². The third-order valence-electron chi connectivity index (χ3n) is 3.19.